The fraction of sp³-hybridized carbons (Fsp3) is 0.0213. The van der Waals surface area contributed by atoms with Crippen LogP contribution in [0.15, 0.2) is 182 Å². The molecule has 0 radical (unpaired) electrons. The minimum atomic E-state index is -4.47. The van der Waals surface area contributed by atoms with E-state index in [9.17, 15) is 13.2 Å². The van der Waals surface area contributed by atoms with Crippen LogP contribution in [0.4, 0.5) is 35.9 Å². The second-order valence-electron chi connectivity index (χ2n) is 12.9. The van der Waals surface area contributed by atoms with Crippen LogP contribution in [0.25, 0.3) is 44.3 Å². The Bertz CT molecular complexity index is 2710. The molecule has 258 valence electrons. The molecule has 4 nitrogen and oxygen atoms in total. The highest BCUT2D eigenvalue weighted by atomic mass is 19.4. The number of aromatic nitrogens is 1. The average molecular weight is 710 g/mol. The van der Waals surface area contributed by atoms with Gasteiger partial charge in [-0.25, -0.2) is 0 Å². The number of para-hydroxylation sites is 1. The van der Waals surface area contributed by atoms with Crippen LogP contribution in [0.1, 0.15) is 5.56 Å². The minimum Gasteiger partial charge on any atom is -0.457 e. The summed E-state index contributed by atoms with van der Waals surface area (Å²) in [6.45, 7) is 0. The Kier molecular flexibility index (Phi) is 8.19. The Labute approximate surface area is 309 Å². The molecule has 0 amide bonds. The second-order valence-corrected chi connectivity index (χ2v) is 12.9. The highest BCUT2D eigenvalue weighted by molar-refractivity contribution is 6.06. The van der Waals surface area contributed by atoms with Gasteiger partial charge in [-0.1, -0.05) is 103 Å². The fourth-order valence-electron chi connectivity index (χ4n) is 7.01. The maximum atomic E-state index is 13.4. The summed E-state index contributed by atoms with van der Waals surface area (Å²) in [5, 5.41) is 2.19. The predicted molar refractivity (Wildman–Crippen MR) is 210 cm³/mol. The van der Waals surface area contributed by atoms with Crippen LogP contribution in [0.5, 0.6) is 11.5 Å². The third-order valence-electron chi connectivity index (χ3n) is 9.50. The molecular weight excluding hydrogens is 680 g/mol. The van der Waals surface area contributed by atoms with Gasteiger partial charge >= 0.3 is 17.9 Å². The Morgan fingerprint density at radius 2 is 1.15 bits per heavy atom. The molecule has 9 rings (SSSR count). The first-order valence-electron chi connectivity index (χ1n) is 17.4. The standard InChI is InChI=1S/C47H30F3N3O/c48-47(49,50)36-26-27-51-43(29-36)35-17-9-19-38(28-35)54-39-20-10-18-37(30-39)52-31-53(46-42-21-8-7-16-34(42)24-25-44(46)52)45-40(32-12-3-1-4-13-32)22-11-23-41(45)33-14-5-2-6-15-33/h1-30H/q+2. The van der Waals surface area contributed by atoms with Crippen LogP contribution in [0.3, 0.4) is 0 Å². The lowest BCUT2D eigenvalue weighted by atomic mass is 9.95. The summed E-state index contributed by atoms with van der Waals surface area (Å²) in [6, 6.07) is 60.2. The number of pyridine rings is 1. The molecule has 0 spiro atoms. The number of fused-ring (bicyclic) bond motifs is 3. The Balaban J connectivity index is 1.20. The van der Waals surface area contributed by atoms with Gasteiger partial charge in [0, 0.05) is 23.9 Å². The summed E-state index contributed by atoms with van der Waals surface area (Å²) in [5.41, 5.74) is 8.05. The van der Waals surface area contributed by atoms with E-state index in [1.54, 1.807) is 24.3 Å². The van der Waals surface area contributed by atoms with Crippen molar-refractivity contribution in [1.29, 1.82) is 0 Å². The lowest BCUT2D eigenvalue weighted by Gasteiger charge is -2.11. The third kappa shape index (κ3) is 6.13. The molecule has 0 saturated heterocycles. The van der Waals surface area contributed by atoms with Crippen molar-refractivity contribution in [3.8, 4) is 45.0 Å². The Morgan fingerprint density at radius 3 is 1.87 bits per heavy atom. The lowest BCUT2D eigenvalue weighted by Crippen LogP contribution is -2.05. The summed E-state index contributed by atoms with van der Waals surface area (Å²) in [7, 11) is 0. The number of hydrogen-bond donors (Lipinski definition) is 0. The number of benzene rings is 7. The fourth-order valence-corrected chi connectivity index (χ4v) is 7.01. The van der Waals surface area contributed by atoms with E-state index >= 15 is 0 Å². The zero-order valence-electron chi connectivity index (χ0n) is 28.7. The second kappa shape index (κ2) is 13.5. The molecule has 0 unspecified atom stereocenters. The van der Waals surface area contributed by atoms with Gasteiger partial charge in [-0.3, -0.25) is 4.98 Å². The predicted octanol–water partition coefficient (Wildman–Crippen LogP) is 12.9. The van der Waals surface area contributed by atoms with E-state index in [1.165, 1.54) is 6.20 Å². The van der Waals surface area contributed by atoms with Crippen molar-refractivity contribution >= 4 is 39.5 Å². The Morgan fingerprint density at radius 1 is 0.519 bits per heavy atom. The molecule has 7 heteroatoms. The number of halogens is 3. The van der Waals surface area contributed by atoms with E-state index in [4.69, 9.17) is 4.74 Å². The van der Waals surface area contributed by atoms with Gasteiger partial charge in [0.25, 0.3) is 5.69 Å². The van der Waals surface area contributed by atoms with E-state index in [1.807, 2.05) is 47.0 Å². The number of alkyl halides is 3. The van der Waals surface area contributed by atoms with Gasteiger partial charge in [0.15, 0.2) is 0 Å². The molecule has 1 aromatic heterocycles. The third-order valence-corrected chi connectivity index (χ3v) is 9.50. The first-order valence-corrected chi connectivity index (χ1v) is 17.4. The monoisotopic (exact) mass is 709 g/mol. The first-order chi connectivity index (χ1) is 26.4. The molecule has 8 aromatic rings. The maximum absolute atomic E-state index is 13.4. The number of rotatable bonds is 7. The molecule has 0 fully saturated rings. The van der Waals surface area contributed by atoms with Gasteiger partial charge in [0.05, 0.1) is 33.8 Å². The van der Waals surface area contributed by atoms with E-state index in [0.29, 0.717) is 17.1 Å². The summed E-state index contributed by atoms with van der Waals surface area (Å²) >= 11 is 0. The normalized spacial score (nSPS) is 12.3. The SMILES string of the molecule is FC(F)(F)c1ccnc(-c2cccc(Oc3cccc([N+]4=C=[N+](c5c(-c6ccccc6)cccc5-c5ccccc5)c5c4ccc4ccccc54)c3)c2)c1. The smallest absolute Gasteiger partial charge is 0.457 e. The largest absolute Gasteiger partial charge is 0.503 e. The van der Waals surface area contributed by atoms with E-state index in [2.05, 4.69) is 113 Å². The van der Waals surface area contributed by atoms with Crippen LogP contribution in [-0.2, 0) is 6.18 Å². The van der Waals surface area contributed by atoms with Gasteiger partial charge in [0.1, 0.15) is 11.5 Å². The van der Waals surface area contributed by atoms with Crippen molar-refractivity contribution in [3.63, 3.8) is 0 Å². The summed E-state index contributed by atoms with van der Waals surface area (Å²) in [6.07, 6.45) is -3.30. The molecule has 1 aliphatic heterocycles. The van der Waals surface area contributed by atoms with Gasteiger partial charge < -0.3 is 4.74 Å². The number of ether oxygens (including phenoxy) is 1. The van der Waals surface area contributed by atoms with Crippen LogP contribution in [0, 0.1) is 0 Å². The maximum Gasteiger partial charge on any atom is 0.503 e. The molecule has 2 heterocycles. The van der Waals surface area contributed by atoms with Crippen LogP contribution < -0.4 is 13.9 Å². The summed E-state index contributed by atoms with van der Waals surface area (Å²) < 4.78 is 50.9. The van der Waals surface area contributed by atoms with Gasteiger partial charge in [0.2, 0.25) is 11.4 Å². The summed E-state index contributed by atoms with van der Waals surface area (Å²) in [4.78, 5) is 4.19. The molecule has 0 aliphatic carbocycles. The molecule has 1 aliphatic rings. The van der Waals surface area contributed by atoms with E-state index in [0.717, 1.165) is 67.9 Å². The molecule has 0 saturated carbocycles. The molecule has 0 N–H and O–H groups in total. The van der Waals surface area contributed by atoms with Crippen molar-refractivity contribution in [2.75, 3.05) is 0 Å². The Hall–Kier alpha value is -7.08. The van der Waals surface area contributed by atoms with E-state index in [-0.39, 0.29) is 5.69 Å². The summed E-state index contributed by atoms with van der Waals surface area (Å²) in [5.74, 6) is 1.02. The van der Waals surface area contributed by atoms with Crippen LogP contribution in [0.2, 0.25) is 0 Å². The number of hydrogen-bond acceptors (Lipinski definition) is 2. The number of nitrogens with zero attached hydrogens (tertiary/aromatic N) is 3. The first kappa shape index (κ1) is 32.8. The van der Waals surface area contributed by atoms with Crippen molar-refractivity contribution in [2.45, 2.75) is 6.18 Å². The molecule has 54 heavy (non-hydrogen) atoms. The average Bonchev–Trinajstić information content (AvgIpc) is 3.61. The van der Waals surface area contributed by atoms with Gasteiger partial charge in [-0.15, -0.1) is 0 Å². The van der Waals surface area contributed by atoms with E-state index < -0.39 is 11.7 Å². The van der Waals surface area contributed by atoms with Crippen molar-refractivity contribution in [3.05, 3.63) is 188 Å². The van der Waals surface area contributed by atoms with Crippen molar-refractivity contribution in [2.24, 2.45) is 0 Å². The quantitative estimate of drug-likeness (QED) is 0.154. The van der Waals surface area contributed by atoms with Gasteiger partial charge in [-0.05, 0) is 80.3 Å². The molecular formula is C47H30F3N3O+2. The molecule has 0 atom stereocenters. The molecule has 0 bridgehead atoms. The van der Waals surface area contributed by atoms with Crippen molar-refractivity contribution in [1.82, 2.24) is 14.1 Å². The lowest BCUT2D eigenvalue weighted by molar-refractivity contribution is -0.137. The highest BCUT2D eigenvalue weighted by Gasteiger charge is 2.41. The van der Waals surface area contributed by atoms with Gasteiger partial charge in [-0.2, -0.15) is 13.2 Å². The minimum absolute atomic E-state index is 0.208. The zero-order valence-corrected chi connectivity index (χ0v) is 28.7. The van der Waals surface area contributed by atoms with Crippen LogP contribution >= 0.6 is 0 Å². The zero-order chi connectivity index (χ0) is 36.6. The highest BCUT2D eigenvalue weighted by Crippen LogP contribution is 2.47. The topological polar surface area (TPSA) is 28.1 Å². The van der Waals surface area contributed by atoms with Crippen LogP contribution in [-0.4, -0.2) is 11.0 Å². The van der Waals surface area contributed by atoms with Crippen molar-refractivity contribution < 1.29 is 17.9 Å². The molecule has 7 aromatic carbocycles.